The zero-order chi connectivity index (χ0) is 16.8. The molecule has 2 bridgehead atoms. The summed E-state index contributed by atoms with van der Waals surface area (Å²) in [7, 11) is 2.25. The summed E-state index contributed by atoms with van der Waals surface area (Å²) in [6.45, 7) is 0. The Kier molecular flexibility index (Phi) is 3.71. The molecule has 3 atom stereocenters. The summed E-state index contributed by atoms with van der Waals surface area (Å²) in [6, 6.07) is 13.9. The van der Waals surface area contributed by atoms with Crippen LogP contribution in [0.2, 0.25) is 0 Å². The third kappa shape index (κ3) is 2.81. The van der Waals surface area contributed by atoms with Crippen molar-refractivity contribution in [1.29, 1.82) is 0 Å². The standard InChI is InChI=1S/C20H21N3OS/c1-23-15-3-4-16(23)12-17(11-15)24-20-7-5-18(21-22-20)13-2-6-19-14(10-13)8-9-25-19/h2,5-10,15-17H,3-4,11-12H2,1H3/t15-,16+,17?. The first-order valence-electron chi connectivity index (χ1n) is 8.96. The largest absolute Gasteiger partial charge is 0.473 e. The number of thiophene rings is 1. The Morgan fingerprint density at radius 3 is 2.64 bits per heavy atom. The molecule has 0 saturated carbocycles. The number of ether oxygens (including phenoxy) is 1. The van der Waals surface area contributed by atoms with E-state index in [4.69, 9.17) is 4.74 Å². The molecule has 25 heavy (non-hydrogen) atoms. The maximum absolute atomic E-state index is 6.13. The van der Waals surface area contributed by atoms with Gasteiger partial charge in [0.25, 0.3) is 0 Å². The lowest BCUT2D eigenvalue weighted by atomic mass is 10.0. The molecule has 2 aliphatic heterocycles. The van der Waals surface area contributed by atoms with Gasteiger partial charge in [-0.2, -0.15) is 0 Å². The van der Waals surface area contributed by atoms with Crippen molar-refractivity contribution < 1.29 is 4.74 Å². The van der Waals surface area contributed by atoms with E-state index in [2.05, 4.69) is 51.8 Å². The van der Waals surface area contributed by atoms with Crippen molar-refractivity contribution in [2.75, 3.05) is 7.05 Å². The van der Waals surface area contributed by atoms with Crippen molar-refractivity contribution >= 4 is 21.4 Å². The quantitative estimate of drug-likeness (QED) is 0.703. The van der Waals surface area contributed by atoms with Crippen LogP contribution < -0.4 is 4.74 Å². The molecule has 2 fully saturated rings. The lowest BCUT2D eigenvalue weighted by Crippen LogP contribution is -2.43. The highest BCUT2D eigenvalue weighted by Crippen LogP contribution is 2.35. The second-order valence-corrected chi connectivity index (χ2v) is 8.14. The van der Waals surface area contributed by atoms with Gasteiger partial charge in [-0.05, 0) is 67.8 Å². The molecule has 4 heterocycles. The zero-order valence-corrected chi connectivity index (χ0v) is 15.1. The Morgan fingerprint density at radius 2 is 1.88 bits per heavy atom. The minimum absolute atomic E-state index is 0.274. The van der Waals surface area contributed by atoms with E-state index in [1.165, 1.54) is 22.9 Å². The number of rotatable bonds is 3. The molecular weight excluding hydrogens is 330 g/mol. The van der Waals surface area contributed by atoms with Crippen LogP contribution >= 0.6 is 11.3 Å². The van der Waals surface area contributed by atoms with Crippen molar-refractivity contribution in [3.05, 3.63) is 41.8 Å². The lowest BCUT2D eigenvalue weighted by Gasteiger charge is -2.35. The smallest absolute Gasteiger partial charge is 0.233 e. The summed E-state index contributed by atoms with van der Waals surface area (Å²) in [5.41, 5.74) is 1.99. The van der Waals surface area contributed by atoms with E-state index in [-0.39, 0.29) is 6.10 Å². The predicted octanol–water partition coefficient (Wildman–Crippen LogP) is 4.36. The van der Waals surface area contributed by atoms with E-state index >= 15 is 0 Å². The van der Waals surface area contributed by atoms with Crippen LogP contribution in [0.25, 0.3) is 21.3 Å². The third-order valence-corrected chi connectivity index (χ3v) is 6.63. The SMILES string of the molecule is CN1[C@@H]2CC[C@H]1CC(Oc1ccc(-c3ccc4sccc4c3)nn1)C2. The van der Waals surface area contributed by atoms with E-state index in [1.807, 2.05) is 12.1 Å². The van der Waals surface area contributed by atoms with Crippen molar-refractivity contribution in [2.24, 2.45) is 0 Å². The van der Waals surface area contributed by atoms with Crippen molar-refractivity contribution in [3.63, 3.8) is 0 Å². The van der Waals surface area contributed by atoms with E-state index in [1.54, 1.807) is 11.3 Å². The maximum atomic E-state index is 6.13. The van der Waals surface area contributed by atoms with Gasteiger partial charge in [0.15, 0.2) is 0 Å². The maximum Gasteiger partial charge on any atom is 0.233 e. The second-order valence-electron chi connectivity index (χ2n) is 7.19. The molecule has 0 aliphatic carbocycles. The van der Waals surface area contributed by atoms with Crippen molar-refractivity contribution in [2.45, 2.75) is 43.9 Å². The van der Waals surface area contributed by atoms with Gasteiger partial charge >= 0.3 is 0 Å². The van der Waals surface area contributed by atoms with Gasteiger partial charge in [0, 0.05) is 28.4 Å². The first-order valence-corrected chi connectivity index (χ1v) is 9.84. The molecule has 5 rings (SSSR count). The van der Waals surface area contributed by atoms with Gasteiger partial charge in [0.1, 0.15) is 6.10 Å². The van der Waals surface area contributed by atoms with Gasteiger partial charge in [0.05, 0.1) is 5.69 Å². The molecule has 0 spiro atoms. The number of nitrogens with zero attached hydrogens (tertiary/aromatic N) is 3. The molecule has 128 valence electrons. The van der Waals surface area contributed by atoms with Gasteiger partial charge in [0.2, 0.25) is 5.88 Å². The molecular formula is C20H21N3OS. The highest BCUT2D eigenvalue weighted by Gasteiger charge is 2.39. The number of fused-ring (bicyclic) bond motifs is 3. The van der Waals surface area contributed by atoms with Crippen molar-refractivity contribution in [3.8, 4) is 17.1 Å². The van der Waals surface area contributed by atoms with Gasteiger partial charge in [-0.1, -0.05) is 6.07 Å². The fourth-order valence-corrected chi connectivity index (χ4v) is 5.06. The topological polar surface area (TPSA) is 38.2 Å². The number of piperidine rings is 1. The Hall–Kier alpha value is -1.98. The normalized spacial score (nSPS) is 26.2. The summed E-state index contributed by atoms with van der Waals surface area (Å²) >= 11 is 1.76. The summed E-state index contributed by atoms with van der Waals surface area (Å²) < 4.78 is 7.43. The molecule has 0 amide bonds. The lowest BCUT2D eigenvalue weighted by molar-refractivity contribution is 0.0626. The highest BCUT2D eigenvalue weighted by molar-refractivity contribution is 7.17. The molecule has 1 unspecified atom stereocenters. The molecule has 0 radical (unpaired) electrons. The zero-order valence-electron chi connectivity index (χ0n) is 14.3. The fraction of sp³-hybridized carbons (Fsp3) is 0.400. The summed E-state index contributed by atoms with van der Waals surface area (Å²) in [6.07, 6.45) is 5.08. The van der Waals surface area contributed by atoms with E-state index in [9.17, 15) is 0 Å². The molecule has 2 aliphatic rings. The molecule has 0 N–H and O–H groups in total. The van der Waals surface area contributed by atoms with Crippen LogP contribution in [-0.4, -0.2) is 40.3 Å². The number of hydrogen-bond donors (Lipinski definition) is 0. The van der Waals surface area contributed by atoms with Crippen LogP contribution in [0.1, 0.15) is 25.7 Å². The van der Waals surface area contributed by atoms with Crippen LogP contribution in [-0.2, 0) is 0 Å². The summed E-state index contributed by atoms with van der Waals surface area (Å²) in [5.74, 6) is 0.648. The number of aromatic nitrogens is 2. The Bertz CT molecular complexity index is 877. The Balaban J connectivity index is 1.31. The summed E-state index contributed by atoms with van der Waals surface area (Å²) in [4.78, 5) is 2.52. The first kappa shape index (κ1) is 15.3. The molecule has 1 aromatic carbocycles. The van der Waals surface area contributed by atoms with Gasteiger partial charge in [-0.15, -0.1) is 21.5 Å². The van der Waals surface area contributed by atoms with Crippen LogP contribution in [0.4, 0.5) is 0 Å². The van der Waals surface area contributed by atoms with Gasteiger partial charge < -0.3 is 9.64 Å². The molecule has 3 aromatic rings. The number of benzene rings is 1. The second kappa shape index (κ2) is 6.07. The fourth-order valence-electron chi connectivity index (χ4n) is 4.29. The van der Waals surface area contributed by atoms with Gasteiger partial charge in [-0.25, -0.2) is 0 Å². The molecule has 5 heteroatoms. The number of hydrogen-bond acceptors (Lipinski definition) is 5. The monoisotopic (exact) mass is 351 g/mol. The van der Waals surface area contributed by atoms with Crippen LogP contribution in [0, 0.1) is 0 Å². The average molecular weight is 351 g/mol. The third-order valence-electron chi connectivity index (χ3n) is 5.73. The predicted molar refractivity (Wildman–Crippen MR) is 101 cm³/mol. The Labute approximate surface area is 151 Å². The molecule has 2 aromatic heterocycles. The van der Waals surface area contributed by atoms with Crippen LogP contribution in [0.3, 0.4) is 0 Å². The van der Waals surface area contributed by atoms with Crippen LogP contribution in [0.15, 0.2) is 41.8 Å². The van der Waals surface area contributed by atoms with Crippen molar-refractivity contribution in [1.82, 2.24) is 15.1 Å². The first-order chi connectivity index (χ1) is 12.3. The molecule has 4 nitrogen and oxygen atoms in total. The highest BCUT2D eigenvalue weighted by atomic mass is 32.1. The molecule has 2 saturated heterocycles. The average Bonchev–Trinajstić information content (AvgIpc) is 3.16. The van der Waals surface area contributed by atoms with E-state index in [0.717, 1.165) is 24.1 Å². The van der Waals surface area contributed by atoms with Gasteiger partial charge in [-0.3, -0.25) is 0 Å². The Morgan fingerprint density at radius 1 is 1.04 bits per heavy atom. The van der Waals surface area contributed by atoms with E-state index < -0.39 is 0 Å². The minimum atomic E-state index is 0.274. The van der Waals surface area contributed by atoms with Crippen LogP contribution in [0.5, 0.6) is 5.88 Å². The van der Waals surface area contributed by atoms with E-state index in [0.29, 0.717) is 18.0 Å². The minimum Gasteiger partial charge on any atom is -0.473 e. The summed E-state index contributed by atoms with van der Waals surface area (Å²) in [5, 5.41) is 12.1.